The SMILES string of the molecule is Cn1c(=O)[nH]c(=O)c2[nH]c(C(O)C(O)CCl)nc21. The molecule has 0 saturated heterocycles. The smallest absolute Gasteiger partial charge is 0.329 e. The first-order valence-corrected chi connectivity index (χ1v) is 5.60. The summed E-state index contributed by atoms with van der Waals surface area (Å²) < 4.78 is 1.12. The molecule has 18 heavy (non-hydrogen) atoms. The molecule has 0 aliphatic heterocycles. The summed E-state index contributed by atoms with van der Waals surface area (Å²) in [4.78, 5) is 31.4. The molecule has 2 aromatic heterocycles. The first kappa shape index (κ1) is 12.8. The maximum absolute atomic E-state index is 11.5. The number of hydrogen-bond acceptors (Lipinski definition) is 5. The van der Waals surface area contributed by atoms with Crippen molar-refractivity contribution in [3.63, 3.8) is 0 Å². The predicted octanol–water partition coefficient (Wildman–Crippen LogP) is -1.42. The highest BCUT2D eigenvalue weighted by molar-refractivity contribution is 6.18. The molecule has 0 radical (unpaired) electrons. The second-order valence-corrected chi connectivity index (χ2v) is 4.11. The lowest BCUT2D eigenvalue weighted by Crippen LogP contribution is -2.28. The number of fused-ring (bicyclic) bond motifs is 1. The highest BCUT2D eigenvalue weighted by atomic mass is 35.5. The van der Waals surface area contributed by atoms with Crippen molar-refractivity contribution in [2.24, 2.45) is 7.05 Å². The molecule has 4 N–H and O–H groups in total. The van der Waals surface area contributed by atoms with Crippen LogP contribution in [0.25, 0.3) is 11.2 Å². The molecular formula is C9H11ClN4O4. The number of rotatable bonds is 3. The molecule has 0 fully saturated rings. The van der Waals surface area contributed by atoms with Gasteiger partial charge in [-0.25, -0.2) is 9.78 Å². The highest BCUT2D eigenvalue weighted by Crippen LogP contribution is 2.16. The van der Waals surface area contributed by atoms with Crippen molar-refractivity contribution in [1.29, 1.82) is 0 Å². The number of imidazole rings is 1. The number of nitrogens with zero attached hydrogens (tertiary/aromatic N) is 2. The van der Waals surface area contributed by atoms with Gasteiger partial charge in [-0.05, 0) is 0 Å². The van der Waals surface area contributed by atoms with E-state index in [0.29, 0.717) is 0 Å². The molecule has 0 aliphatic rings. The Kier molecular flexibility index (Phi) is 3.24. The summed E-state index contributed by atoms with van der Waals surface area (Å²) >= 11 is 5.41. The average molecular weight is 275 g/mol. The van der Waals surface area contributed by atoms with Crippen LogP contribution in [0.15, 0.2) is 9.59 Å². The van der Waals surface area contributed by atoms with E-state index in [-0.39, 0.29) is 22.9 Å². The molecule has 2 atom stereocenters. The third-order valence-electron chi connectivity index (χ3n) is 2.58. The van der Waals surface area contributed by atoms with Crippen LogP contribution in [0.2, 0.25) is 0 Å². The molecule has 0 spiro atoms. The number of aliphatic hydroxyl groups excluding tert-OH is 2. The molecule has 2 aromatic rings. The molecule has 8 nitrogen and oxygen atoms in total. The van der Waals surface area contributed by atoms with Gasteiger partial charge in [0.1, 0.15) is 23.5 Å². The fourth-order valence-electron chi connectivity index (χ4n) is 1.53. The topological polar surface area (TPSA) is 124 Å². The van der Waals surface area contributed by atoms with Crippen molar-refractivity contribution in [3.05, 3.63) is 26.7 Å². The van der Waals surface area contributed by atoms with Crippen molar-refractivity contribution in [2.45, 2.75) is 12.2 Å². The van der Waals surface area contributed by atoms with Gasteiger partial charge in [-0.3, -0.25) is 14.3 Å². The van der Waals surface area contributed by atoms with E-state index < -0.39 is 23.5 Å². The molecule has 0 saturated carbocycles. The van der Waals surface area contributed by atoms with Crippen molar-refractivity contribution in [2.75, 3.05) is 5.88 Å². The molecule has 2 heterocycles. The van der Waals surface area contributed by atoms with Crippen molar-refractivity contribution in [1.82, 2.24) is 19.5 Å². The Labute approximate surface area is 105 Å². The van der Waals surface area contributed by atoms with Gasteiger partial charge in [0.2, 0.25) is 0 Å². The quantitative estimate of drug-likeness (QED) is 0.512. The van der Waals surface area contributed by atoms with E-state index in [2.05, 4.69) is 15.0 Å². The monoisotopic (exact) mass is 274 g/mol. The lowest BCUT2D eigenvalue weighted by atomic mass is 10.2. The third kappa shape index (κ3) is 1.94. The van der Waals surface area contributed by atoms with E-state index >= 15 is 0 Å². The minimum absolute atomic E-state index is 0.0233. The summed E-state index contributed by atoms with van der Waals surface area (Å²) in [5.41, 5.74) is -1.11. The van der Waals surface area contributed by atoms with Gasteiger partial charge >= 0.3 is 5.69 Å². The van der Waals surface area contributed by atoms with E-state index in [9.17, 15) is 19.8 Å². The van der Waals surface area contributed by atoms with Crippen molar-refractivity contribution < 1.29 is 10.2 Å². The maximum Gasteiger partial charge on any atom is 0.329 e. The number of H-pyrrole nitrogens is 2. The molecule has 0 amide bonds. The molecule has 0 aliphatic carbocycles. The first-order chi connectivity index (χ1) is 8.45. The fraction of sp³-hybridized carbons (Fsp3) is 0.444. The van der Waals surface area contributed by atoms with E-state index in [1.165, 1.54) is 7.05 Å². The Morgan fingerprint density at radius 1 is 1.39 bits per heavy atom. The second-order valence-electron chi connectivity index (χ2n) is 3.81. The predicted molar refractivity (Wildman–Crippen MR) is 63.6 cm³/mol. The number of nitrogens with one attached hydrogen (secondary N) is 2. The molecule has 0 bridgehead atoms. The number of aryl methyl sites for hydroxylation is 1. The Bertz CT molecular complexity index is 688. The zero-order valence-corrected chi connectivity index (χ0v) is 10.1. The zero-order chi connectivity index (χ0) is 13.4. The first-order valence-electron chi connectivity index (χ1n) is 5.06. The van der Waals surface area contributed by atoms with Gasteiger partial charge in [0, 0.05) is 7.05 Å². The number of alkyl halides is 1. The Hall–Kier alpha value is -1.64. The van der Waals surface area contributed by atoms with Crippen LogP contribution in [0.4, 0.5) is 0 Å². The summed E-state index contributed by atoms with van der Waals surface area (Å²) in [6, 6.07) is 0. The van der Waals surface area contributed by atoms with E-state index in [1.54, 1.807) is 0 Å². The van der Waals surface area contributed by atoms with E-state index in [0.717, 1.165) is 4.57 Å². The number of aliphatic hydroxyl groups is 2. The Balaban J connectivity index is 2.64. The molecule has 0 aromatic carbocycles. The molecule has 2 unspecified atom stereocenters. The van der Waals surface area contributed by atoms with Gasteiger partial charge in [0.25, 0.3) is 5.56 Å². The molecule has 98 valence electrons. The summed E-state index contributed by atoms with van der Waals surface area (Å²) in [5, 5.41) is 19.1. The standard InChI is InChI=1S/C9H11ClN4O4/c1-14-7-4(8(17)13-9(14)18)11-6(12-7)5(16)3(15)2-10/h3,5,15-16H,2H2,1H3,(H,11,12)(H,13,17,18). The van der Waals surface area contributed by atoms with Crippen LogP contribution in [0.1, 0.15) is 11.9 Å². The summed E-state index contributed by atoms with van der Waals surface area (Å²) in [6.45, 7) is 0. The lowest BCUT2D eigenvalue weighted by molar-refractivity contribution is 0.0277. The van der Waals surface area contributed by atoms with Crippen LogP contribution >= 0.6 is 11.6 Å². The van der Waals surface area contributed by atoms with Gasteiger partial charge in [0.15, 0.2) is 5.65 Å². The second kappa shape index (κ2) is 4.56. The zero-order valence-electron chi connectivity index (χ0n) is 9.35. The highest BCUT2D eigenvalue weighted by Gasteiger charge is 2.22. The summed E-state index contributed by atoms with van der Waals surface area (Å²) in [6.07, 6.45) is -2.58. The minimum Gasteiger partial charge on any atom is -0.389 e. The Morgan fingerprint density at radius 3 is 2.67 bits per heavy atom. The largest absolute Gasteiger partial charge is 0.389 e. The van der Waals surface area contributed by atoms with Crippen molar-refractivity contribution in [3.8, 4) is 0 Å². The molecule has 9 heteroatoms. The maximum atomic E-state index is 11.5. The van der Waals surface area contributed by atoms with E-state index in [4.69, 9.17) is 11.6 Å². The van der Waals surface area contributed by atoms with Crippen molar-refractivity contribution >= 4 is 22.8 Å². The average Bonchev–Trinajstić information content (AvgIpc) is 2.79. The van der Waals surface area contributed by atoms with Crippen LogP contribution in [-0.4, -0.2) is 41.7 Å². The van der Waals surface area contributed by atoms with Gasteiger partial charge in [-0.2, -0.15) is 0 Å². The van der Waals surface area contributed by atoms with Gasteiger partial charge in [-0.15, -0.1) is 11.6 Å². The van der Waals surface area contributed by atoms with Gasteiger partial charge in [0.05, 0.1) is 5.88 Å². The normalized spacial score (nSPS) is 14.9. The minimum atomic E-state index is -1.36. The molecular weight excluding hydrogens is 264 g/mol. The van der Waals surface area contributed by atoms with Crippen LogP contribution in [-0.2, 0) is 7.05 Å². The number of hydrogen-bond donors (Lipinski definition) is 4. The van der Waals surface area contributed by atoms with Gasteiger partial charge < -0.3 is 15.2 Å². The molecule has 2 rings (SSSR count). The fourth-order valence-corrected chi connectivity index (χ4v) is 1.70. The number of halogens is 1. The van der Waals surface area contributed by atoms with Crippen LogP contribution < -0.4 is 11.2 Å². The van der Waals surface area contributed by atoms with Crippen LogP contribution in [0.3, 0.4) is 0 Å². The van der Waals surface area contributed by atoms with Crippen LogP contribution in [0, 0.1) is 0 Å². The number of aromatic amines is 2. The summed E-state index contributed by atoms with van der Waals surface area (Å²) in [7, 11) is 1.43. The third-order valence-corrected chi connectivity index (χ3v) is 2.89. The lowest BCUT2D eigenvalue weighted by Gasteiger charge is -2.11. The van der Waals surface area contributed by atoms with Gasteiger partial charge in [-0.1, -0.05) is 0 Å². The number of aromatic nitrogens is 4. The van der Waals surface area contributed by atoms with Crippen LogP contribution in [0.5, 0.6) is 0 Å². The van der Waals surface area contributed by atoms with E-state index in [1.807, 2.05) is 0 Å². The Morgan fingerprint density at radius 2 is 2.06 bits per heavy atom. The summed E-state index contributed by atoms with van der Waals surface area (Å²) in [5.74, 6) is -0.210.